The molecule has 110 valence electrons. The molecule has 21 heavy (non-hydrogen) atoms. The molecule has 0 aromatic carbocycles. The van der Waals surface area contributed by atoms with E-state index in [-0.39, 0.29) is 5.95 Å². The van der Waals surface area contributed by atoms with Crippen molar-refractivity contribution in [1.82, 2.24) is 19.9 Å². The molecule has 0 aliphatic carbocycles. The van der Waals surface area contributed by atoms with Gasteiger partial charge in [-0.2, -0.15) is 28.2 Å². The highest BCUT2D eigenvalue weighted by Crippen LogP contribution is 2.25. The van der Waals surface area contributed by atoms with Crippen LogP contribution in [-0.4, -0.2) is 38.8 Å². The van der Waals surface area contributed by atoms with Crippen LogP contribution in [-0.2, 0) is 6.42 Å². The van der Waals surface area contributed by atoms with Gasteiger partial charge < -0.3 is 5.32 Å². The van der Waals surface area contributed by atoms with Crippen molar-refractivity contribution >= 4 is 12.2 Å². The molecular weight excluding hydrogens is 285 g/mol. The van der Waals surface area contributed by atoms with Crippen molar-refractivity contribution in [3.63, 3.8) is 0 Å². The molecule has 2 aromatic rings. The summed E-state index contributed by atoms with van der Waals surface area (Å²) in [7, 11) is 0. The second-order valence-corrected chi connectivity index (χ2v) is 4.47. The molecule has 0 spiro atoms. The first-order valence-corrected chi connectivity index (χ1v) is 6.27. The van der Waals surface area contributed by atoms with E-state index in [1.807, 2.05) is 0 Å². The van der Waals surface area contributed by atoms with Crippen LogP contribution in [0, 0.1) is 0 Å². The molecule has 1 aliphatic heterocycles. The predicted octanol–water partition coefficient (Wildman–Crippen LogP) is 2.09. The molecule has 3 rings (SSSR count). The van der Waals surface area contributed by atoms with Crippen LogP contribution in [0.4, 0.5) is 19.1 Å². The molecule has 9 heteroatoms. The van der Waals surface area contributed by atoms with Crippen molar-refractivity contribution in [2.24, 2.45) is 5.10 Å². The molecule has 0 atom stereocenters. The predicted molar refractivity (Wildman–Crippen MR) is 70.0 cm³/mol. The van der Waals surface area contributed by atoms with Gasteiger partial charge in [-0.3, -0.25) is 0 Å². The van der Waals surface area contributed by atoms with Crippen molar-refractivity contribution in [2.45, 2.75) is 19.0 Å². The minimum atomic E-state index is -4.31. The van der Waals surface area contributed by atoms with E-state index in [0.717, 1.165) is 24.1 Å². The van der Waals surface area contributed by atoms with Crippen LogP contribution < -0.4 is 5.32 Å². The van der Waals surface area contributed by atoms with Gasteiger partial charge >= 0.3 is 6.18 Å². The number of aromatic nitrogens is 4. The largest absolute Gasteiger partial charge is 0.405 e. The Bertz CT molecular complexity index is 676. The number of nitrogens with zero attached hydrogens (tertiary/aromatic N) is 5. The molecule has 0 bridgehead atoms. The average Bonchev–Trinajstić information content (AvgIpc) is 2.89. The van der Waals surface area contributed by atoms with Crippen LogP contribution in [0.15, 0.2) is 23.6 Å². The Morgan fingerprint density at radius 2 is 2.19 bits per heavy atom. The van der Waals surface area contributed by atoms with E-state index in [0.29, 0.717) is 5.69 Å². The molecule has 0 amide bonds. The van der Waals surface area contributed by atoms with E-state index in [2.05, 4.69) is 25.5 Å². The minimum Gasteiger partial charge on any atom is -0.345 e. The minimum absolute atomic E-state index is 0.0657. The first-order chi connectivity index (χ1) is 10.0. The number of hydrogen-bond donors (Lipinski definition) is 1. The number of fused-ring (bicyclic) bond motifs is 1. The highest BCUT2D eigenvalue weighted by atomic mass is 19.4. The fourth-order valence-corrected chi connectivity index (χ4v) is 2.02. The standard InChI is InChI=1S/C12H11F3N6/c13-12(14,15)7-17-11-16-5-3-9(20-11)8-6-19-21-10(8)2-1-4-18-21/h3-6H,1-2,7H2,(H,16,17,20). The van der Waals surface area contributed by atoms with E-state index >= 15 is 0 Å². The Labute approximate surface area is 117 Å². The zero-order valence-corrected chi connectivity index (χ0v) is 10.8. The normalized spacial score (nSPS) is 14.0. The lowest BCUT2D eigenvalue weighted by Gasteiger charge is -2.10. The highest BCUT2D eigenvalue weighted by molar-refractivity contribution is 5.66. The van der Waals surface area contributed by atoms with Gasteiger partial charge in [0.05, 0.1) is 17.6 Å². The summed E-state index contributed by atoms with van der Waals surface area (Å²) >= 11 is 0. The fraction of sp³-hybridized carbons (Fsp3) is 0.333. The molecule has 3 heterocycles. The van der Waals surface area contributed by atoms with Crippen LogP contribution >= 0.6 is 0 Å². The van der Waals surface area contributed by atoms with Gasteiger partial charge in [0.2, 0.25) is 5.95 Å². The van der Waals surface area contributed by atoms with Gasteiger partial charge in [0, 0.05) is 18.0 Å². The quantitative estimate of drug-likeness (QED) is 0.941. The lowest BCUT2D eigenvalue weighted by molar-refractivity contribution is -0.115. The number of halogens is 3. The third kappa shape index (κ3) is 3.01. The van der Waals surface area contributed by atoms with E-state index in [1.165, 1.54) is 11.0 Å². The number of hydrogen-bond acceptors (Lipinski definition) is 5. The molecule has 2 aromatic heterocycles. The summed E-state index contributed by atoms with van der Waals surface area (Å²) in [4.78, 5) is 9.39. The van der Waals surface area contributed by atoms with Crippen LogP contribution in [0.1, 0.15) is 12.1 Å². The van der Waals surface area contributed by atoms with Crippen molar-refractivity contribution in [1.29, 1.82) is 0 Å². The SMILES string of the molecule is FC(F)(F)CNc1nccc(-c2cnn3c2CCC=N3)n1. The summed E-state index contributed by atoms with van der Waals surface area (Å²) in [6.45, 7) is -1.17. The first kappa shape index (κ1) is 13.5. The molecule has 6 nitrogen and oxygen atoms in total. The van der Waals surface area contributed by atoms with Crippen molar-refractivity contribution < 1.29 is 13.2 Å². The van der Waals surface area contributed by atoms with Crippen LogP contribution in [0.3, 0.4) is 0 Å². The van der Waals surface area contributed by atoms with Gasteiger partial charge in [-0.05, 0) is 18.9 Å². The van der Waals surface area contributed by atoms with Crippen LogP contribution in [0.2, 0.25) is 0 Å². The van der Waals surface area contributed by atoms with E-state index < -0.39 is 12.7 Å². The summed E-state index contributed by atoms with van der Waals surface area (Å²) in [5, 5.41) is 10.4. The van der Waals surface area contributed by atoms with Gasteiger partial charge in [-0.1, -0.05) is 0 Å². The Morgan fingerprint density at radius 3 is 3.00 bits per heavy atom. The van der Waals surface area contributed by atoms with E-state index in [9.17, 15) is 13.2 Å². The summed E-state index contributed by atoms with van der Waals surface area (Å²) in [6, 6.07) is 1.63. The molecule has 0 radical (unpaired) electrons. The smallest absolute Gasteiger partial charge is 0.345 e. The lowest BCUT2D eigenvalue weighted by atomic mass is 10.1. The third-order valence-corrected chi connectivity index (χ3v) is 2.93. The summed E-state index contributed by atoms with van der Waals surface area (Å²) in [6.07, 6.45) is 2.02. The monoisotopic (exact) mass is 296 g/mol. The molecule has 1 N–H and O–H groups in total. The molecule has 0 saturated carbocycles. The topological polar surface area (TPSA) is 68.0 Å². The second-order valence-electron chi connectivity index (χ2n) is 4.47. The number of nitrogens with one attached hydrogen (secondary N) is 1. The van der Waals surface area contributed by atoms with E-state index in [4.69, 9.17) is 0 Å². The maximum atomic E-state index is 12.2. The lowest BCUT2D eigenvalue weighted by Crippen LogP contribution is -2.22. The Balaban J connectivity index is 1.86. The van der Waals surface area contributed by atoms with Gasteiger partial charge in [0.1, 0.15) is 6.54 Å². The van der Waals surface area contributed by atoms with Gasteiger partial charge in [-0.25, -0.2) is 9.97 Å². The van der Waals surface area contributed by atoms with E-state index in [1.54, 1.807) is 18.5 Å². The third-order valence-electron chi connectivity index (χ3n) is 2.93. The van der Waals surface area contributed by atoms with Crippen molar-refractivity contribution in [3.05, 3.63) is 24.2 Å². The van der Waals surface area contributed by atoms with Gasteiger partial charge in [0.25, 0.3) is 0 Å². The Hall–Kier alpha value is -2.45. The number of rotatable bonds is 3. The van der Waals surface area contributed by atoms with Crippen LogP contribution in [0.5, 0.6) is 0 Å². The Kier molecular flexibility index (Phi) is 3.32. The summed E-state index contributed by atoms with van der Waals surface area (Å²) in [5.41, 5.74) is 2.16. The number of anilines is 1. The number of alkyl halides is 3. The van der Waals surface area contributed by atoms with Crippen LogP contribution in [0.25, 0.3) is 11.3 Å². The summed E-state index contributed by atoms with van der Waals surface area (Å²) < 4.78 is 36.6. The Morgan fingerprint density at radius 1 is 1.33 bits per heavy atom. The molecule has 0 saturated heterocycles. The van der Waals surface area contributed by atoms with Gasteiger partial charge in [-0.15, -0.1) is 0 Å². The summed E-state index contributed by atoms with van der Waals surface area (Å²) in [5.74, 6) is -0.0657. The molecular formula is C12H11F3N6. The maximum Gasteiger partial charge on any atom is 0.405 e. The maximum absolute atomic E-state index is 12.2. The highest BCUT2D eigenvalue weighted by Gasteiger charge is 2.27. The average molecular weight is 296 g/mol. The second kappa shape index (κ2) is 5.15. The van der Waals surface area contributed by atoms with Gasteiger partial charge in [0.15, 0.2) is 0 Å². The fourth-order valence-electron chi connectivity index (χ4n) is 2.02. The first-order valence-electron chi connectivity index (χ1n) is 6.27. The molecule has 0 fully saturated rings. The molecule has 0 unspecified atom stereocenters. The zero-order valence-electron chi connectivity index (χ0n) is 10.8. The zero-order chi connectivity index (χ0) is 14.9. The van der Waals surface area contributed by atoms with Crippen molar-refractivity contribution in [3.8, 4) is 11.3 Å². The van der Waals surface area contributed by atoms with Crippen molar-refractivity contribution in [2.75, 3.05) is 11.9 Å². The molecule has 1 aliphatic rings.